The Kier molecular flexibility index (Phi) is 8.41. The number of hydrogen-bond acceptors (Lipinski definition) is 4. The molecule has 0 aliphatic heterocycles. The number of carbonyl (C=O) groups is 1. The van der Waals surface area contributed by atoms with Crippen molar-refractivity contribution < 1.29 is 28.5 Å². The van der Waals surface area contributed by atoms with E-state index in [-0.39, 0.29) is 29.7 Å². The summed E-state index contributed by atoms with van der Waals surface area (Å²) in [6.07, 6.45) is 1.98. The molecule has 202 valence electrons. The van der Waals surface area contributed by atoms with Crippen molar-refractivity contribution in [3.8, 4) is 22.6 Å². The van der Waals surface area contributed by atoms with E-state index in [9.17, 15) is 14.3 Å². The molecule has 0 aromatic heterocycles. The first-order valence-corrected chi connectivity index (χ1v) is 13.0. The molecule has 0 heterocycles. The van der Waals surface area contributed by atoms with E-state index in [1.165, 1.54) is 6.07 Å². The Labute approximate surface area is 224 Å². The number of carboxylic acid groups (broad SMARTS) is 1. The normalized spacial score (nSPS) is 15.1. The zero-order valence-corrected chi connectivity index (χ0v) is 22.8. The van der Waals surface area contributed by atoms with Gasteiger partial charge < -0.3 is 19.3 Å². The highest BCUT2D eigenvalue weighted by molar-refractivity contribution is 5.71. The van der Waals surface area contributed by atoms with Crippen molar-refractivity contribution in [3.05, 3.63) is 83.2 Å². The summed E-state index contributed by atoms with van der Waals surface area (Å²) in [4.78, 5) is 11.4. The van der Waals surface area contributed by atoms with E-state index in [2.05, 4.69) is 20.8 Å². The Morgan fingerprint density at radius 1 is 1.00 bits per heavy atom. The Bertz CT molecular complexity index is 1280. The molecule has 1 fully saturated rings. The van der Waals surface area contributed by atoms with Crippen LogP contribution in [0.25, 0.3) is 11.1 Å². The minimum absolute atomic E-state index is 0.00828. The largest absolute Gasteiger partial charge is 0.497 e. The van der Waals surface area contributed by atoms with Crippen LogP contribution in [0.15, 0.2) is 60.7 Å². The van der Waals surface area contributed by atoms with Crippen LogP contribution in [0, 0.1) is 17.2 Å². The third kappa shape index (κ3) is 6.54. The summed E-state index contributed by atoms with van der Waals surface area (Å²) in [7, 11) is 3.23. The van der Waals surface area contributed by atoms with Gasteiger partial charge in [0.15, 0.2) is 0 Å². The zero-order chi connectivity index (χ0) is 27.4. The minimum Gasteiger partial charge on any atom is -0.497 e. The van der Waals surface area contributed by atoms with Crippen molar-refractivity contribution in [1.82, 2.24) is 0 Å². The Hall–Kier alpha value is -3.38. The lowest BCUT2D eigenvalue weighted by Crippen LogP contribution is -2.21. The van der Waals surface area contributed by atoms with Gasteiger partial charge in [-0.3, -0.25) is 4.79 Å². The van der Waals surface area contributed by atoms with Gasteiger partial charge in [-0.2, -0.15) is 0 Å². The second kappa shape index (κ2) is 11.6. The molecule has 4 rings (SSSR count). The highest BCUT2D eigenvalue weighted by Gasteiger charge is 2.34. The van der Waals surface area contributed by atoms with Crippen LogP contribution in [0.5, 0.6) is 11.5 Å². The van der Waals surface area contributed by atoms with Gasteiger partial charge in [0.05, 0.1) is 19.6 Å². The molecule has 0 radical (unpaired) electrons. The molecule has 1 aliphatic rings. The molecule has 0 amide bonds. The van der Waals surface area contributed by atoms with Crippen LogP contribution in [0.2, 0.25) is 0 Å². The van der Waals surface area contributed by atoms with E-state index >= 15 is 0 Å². The van der Waals surface area contributed by atoms with Gasteiger partial charge in [0.25, 0.3) is 0 Å². The van der Waals surface area contributed by atoms with Crippen LogP contribution in [0.1, 0.15) is 68.7 Å². The maximum absolute atomic E-state index is 15.0. The molecular formula is C32H37FO5. The fraction of sp³-hybridized carbons (Fsp3) is 0.406. The van der Waals surface area contributed by atoms with Crippen LogP contribution in [0.4, 0.5) is 4.39 Å². The van der Waals surface area contributed by atoms with Crippen LogP contribution < -0.4 is 9.47 Å². The maximum Gasteiger partial charge on any atom is 0.303 e. The highest BCUT2D eigenvalue weighted by Crippen LogP contribution is 2.45. The molecule has 0 saturated heterocycles. The van der Waals surface area contributed by atoms with Crippen LogP contribution in [-0.2, 0) is 16.1 Å². The third-order valence-corrected chi connectivity index (χ3v) is 7.16. The number of methoxy groups -OCH3 is 2. The second-order valence-corrected chi connectivity index (χ2v) is 11.2. The number of hydrogen-bond donors (Lipinski definition) is 1. The average Bonchev–Trinajstić information content (AvgIpc) is 3.72. The monoisotopic (exact) mass is 520 g/mol. The Balaban J connectivity index is 1.64. The van der Waals surface area contributed by atoms with E-state index in [1.54, 1.807) is 26.4 Å². The molecule has 0 spiro atoms. The molecule has 0 unspecified atom stereocenters. The molecule has 1 N–H and O–H groups in total. The number of carboxylic acids is 1. The van der Waals surface area contributed by atoms with Gasteiger partial charge in [0.1, 0.15) is 23.9 Å². The first kappa shape index (κ1) is 27.6. The van der Waals surface area contributed by atoms with E-state index in [1.807, 2.05) is 42.5 Å². The van der Waals surface area contributed by atoms with Gasteiger partial charge in [0, 0.05) is 12.7 Å². The summed E-state index contributed by atoms with van der Waals surface area (Å²) in [6, 6.07) is 18.4. The lowest BCUT2D eigenvalue weighted by molar-refractivity contribution is -0.137. The summed E-state index contributed by atoms with van der Waals surface area (Å²) in [5, 5.41) is 9.37. The van der Waals surface area contributed by atoms with E-state index in [0.29, 0.717) is 29.6 Å². The number of rotatable bonds is 11. The van der Waals surface area contributed by atoms with Crippen LogP contribution in [0.3, 0.4) is 0 Å². The van der Waals surface area contributed by atoms with E-state index < -0.39 is 5.97 Å². The van der Waals surface area contributed by atoms with Crippen molar-refractivity contribution in [2.45, 2.75) is 58.7 Å². The SMILES string of the molecule is COc1ccc(F)c(-c2ccc(COc3cccc([C@@H](CC(=O)O)C4CC4)c3)cc2[C@@H](OC)C(C)(C)C)c1. The summed E-state index contributed by atoms with van der Waals surface area (Å²) < 4.78 is 32.4. The van der Waals surface area contributed by atoms with Crippen molar-refractivity contribution in [2.75, 3.05) is 14.2 Å². The molecule has 3 aromatic rings. The smallest absolute Gasteiger partial charge is 0.303 e. The van der Waals surface area contributed by atoms with Gasteiger partial charge in [-0.15, -0.1) is 0 Å². The molecular weight excluding hydrogens is 483 g/mol. The quantitative estimate of drug-likeness (QED) is 0.280. The fourth-order valence-electron chi connectivity index (χ4n) is 5.19. The molecule has 6 heteroatoms. The minimum atomic E-state index is -0.778. The van der Waals surface area contributed by atoms with Gasteiger partial charge in [-0.25, -0.2) is 4.39 Å². The van der Waals surface area contributed by atoms with Crippen molar-refractivity contribution in [1.29, 1.82) is 0 Å². The molecule has 38 heavy (non-hydrogen) atoms. The predicted molar refractivity (Wildman–Crippen MR) is 146 cm³/mol. The van der Waals surface area contributed by atoms with Gasteiger partial charge in [0.2, 0.25) is 0 Å². The lowest BCUT2D eigenvalue weighted by Gasteiger charge is -2.32. The molecule has 0 bridgehead atoms. The molecule has 1 aliphatic carbocycles. The molecule has 5 nitrogen and oxygen atoms in total. The van der Waals surface area contributed by atoms with Crippen LogP contribution in [-0.4, -0.2) is 25.3 Å². The van der Waals surface area contributed by atoms with Gasteiger partial charge >= 0.3 is 5.97 Å². The predicted octanol–water partition coefficient (Wildman–Crippen LogP) is 7.78. The Morgan fingerprint density at radius 3 is 2.39 bits per heavy atom. The van der Waals surface area contributed by atoms with E-state index in [0.717, 1.165) is 35.1 Å². The number of aliphatic carboxylic acids is 1. The summed E-state index contributed by atoms with van der Waals surface area (Å²) >= 11 is 0. The Morgan fingerprint density at radius 2 is 1.76 bits per heavy atom. The topological polar surface area (TPSA) is 65.0 Å². The molecule has 2 atom stereocenters. The average molecular weight is 521 g/mol. The summed E-state index contributed by atoms with van der Waals surface area (Å²) in [5.74, 6) is 0.604. The van der Waals surface area contributed by atoms with Crippen molar-refractivity contribution >= 4 is 5.97 Å². The number of benzene rings is 3. The lowest BCUT2D eigenvalue weighted by atomic mass is 9.81. The van der Waals surface area contributed by atoms with Crippen molar-refractivity contribution in [3.63, 3.8) is 0 Å². The summed E-state index contributed by atoms with van der Waals surface area (Å²) in [5.41, 5.74) is 3.76. The standard InChI is InChI=1S/C32H37FO5/c1-32(2,3)31(37-5)28-15-20(9-13-25(28)27-17-23(36-4)12-14-29(27)33)19-38-24-8-6-7-22(16-24)26(18-30(34)35)21-10-11-21/h6-9,12-17,21,26,31H,10-11,18-19H2,1-5H3,(H,34,35)/t26-,31+/m0/s1. The first-order valence-electron chi connectivity index (χ1n) is 13.0. The molecule has 3 aromatic carbocycles. The third-order valence-electron chi connectivity index (χ3n) is 7.16. The van der Waals surface area contributed by atoms with Crippen LogP contribution >= 0.6 is 0 Å². The molecule has 1 saturated carbocycles. The summed E-state index contributed by atoms with van der Waals surface area (Å²) in [6.45, 7) is 6.59. The van der Waals surface area contributed by atoms with E-state index in [4.69, 9.17) is 14.2 Å². The fourth-order valence-corrected chi connectivity index (χ4v) is 5.19. The number of halogens is 1. The maximum atomic E-state index is 15.0. The second-order valence-electron chi connectivity index (χ2n) is 11.2. The highest BCUT2D eigenvalue weighted by atomic mass is 19.1. The zero-order valence-electron chi connectivity index (χ0n) is 22.8. The number of ether oxygens (including phenoxy) is 3. The first-order chi connectivity index (χ1) is 18.1. The van der Waals surface area contributed by atoms with Gasteiger partial charge in [-0.1, -0.05) is 45.0 Å². The van der Waals surface area contributed by atoms with Crippen molar-refractivity contribution in [2.24, 2.45) is 11.3 Å². The van der Waals surface area contributed by atoms with Gasteiger partial charge in [-0.05, 0) is 88.7 Å².